The van der Waals surface area contributed by atoms with Gasteiger partial charge in [-0.25, -0.2) is 0 Å². The summed E-state index contributed by atoms with van der Waals surface area (Å²) in [6, 6.07) is 51.6. The molecule has 11 rings (SSSR count). The molecule has 0 saturated heterocycles. The van der Waals surface area contributed by atoms with Crippen LogP contribution in [0.15, 0.2) is 150 Å². The minimum atomic E-state index is 0.870. The average molecular weight is 589 g/mol. The molecule has 46 heavy (non-hydrogen) atoms. The molecule has 0 radical (unpaired) electrons. The first-order chi connectivity index (χ1) is 22.8. The molecule has 1 aliphatic heterocycles. The van der Waals surface area contributed by atoms with Crippen LogP contribution in [0.3, 0.4) is 0 Å². The van der Waals surface area contributed by atoms with Gasteiger partial charge in [0.05, 0.1) is 33.1 Å². The first-order valence-electron chi connectivity index (χ1n) is 15.6. The van der Waals surface area contributed by atoms with Crippen LogP contribution in [0.1, 0.15) is 0 Å². The second-order valence-electron chi connectivity index (χ2n) is 12.1. The SMILES string of the molecule is c1ccc2c(c1)Oc1cccc3c4cccc(-c5ccc(-n6c7ccccc7c7c8oc9ccccc9c8ccc76)cc5)c4n-2c13. The topological polar surface area (TPSA) is 32.2 Å². The molecule has 0 amide bonds. The van der Waals surface area contributed by atoms with Crippen LogP contribution in [0.4, 0.5) is 0 Å². The van der Waals surface area contributed by atoms with Crippen LogP contribution < -0.4 is 4.74 Å². The molecule has 0 N–H and O–H groups in total. The second-order valence-corrected chi connectivity index (χ2v) is 12.1. The molecular weight excluding hydrogens is 564 g/mol. The highest BCUT2D eigenvalue weighted by Crippen LogP contribution is 2.47. The summed E-state index contributed by atoms with van der Waals surface area (Å²) < 4.78 is 17.6. The maximum absolute atomic E-state index is 6.50. The van der Waals surface area contributed by atoms with Gasteiger partial charge in [-0.2, -0.15) is 0 Å². The van der Waals surface area contributed by atoms with Crippen molar-refractivity contribution in [2.45, 2.75) is 0 Å². The Kier molecular flexibility index (Phi) is 4.55. The molecule has 0 fully saturated rings. The number of ether oxygens (including phenoxy) is 1. The van der Waals surface area contributed by atoms with Gasteiger partial charge in [-0.05, 0) is 60.2 Å². The number of nitrogens with zero attached hydrogens (tertiary/aromatic N) is 2. The van der Waals surface area contributed by atoms with Crippen LogP contribution in [0, 0.1) is 0 Å². The van der Waals surface area contributed by atoms with E-state index in [1.165, 1.54) is 32.8 Å². The van der Waals surface area contributed by atoms with Crippen LogP contribution in [0.25, 0.3) is 88.1 Å². The highest BCUT2D eigenvalue weighted by molar-refractivity contribution is 6.24. The van der Waals surface area contributed by atoms with Gasteiger partial charge in [-0.1, -0.05) is 91.0 Å². The zero-order chi connectivity index (χ0) is 29.9. The minimum Gasteiger partial charge on any atom is -0.455 e. The van der Waals surface area contributed by atoms with Crippen molar-refractivity contribution >= 4 is 65.6 Å². The molecular formula is C42H24N2O2. The van der Waals surface area contributed by atoms with E-state index in [9.17, 15) is 0 Å². The smallest absolute Gasteiger partial charge is 0.152 e. The maximum atomic E-state index is 6.50. The van der Waals surface area contributed by atoms with Gasteiger partial charge in [0.15, 0.2) is 11.5 Å². The highest BCUT2D eigenvalue weighted by Gasteiger charge is 2.25. The Balaban J connectivity index is 1.14. The van der Waals surface area contributed by atoms with Crippen LogP contribution in [0.2, 0.25) is 0 Å². The number of aromatic nitrogens is 2. The zero-order valence-corrected chi connectivity index (χ0v) is 24.6. The van der Waals surface area contributed by atoms with Crippen molar-refractivity contribution in [1.29, 1.82) is 0 Å². The normalized spacial score (nSPS) is 12.5. The molecule has 4 heterocycles. The number of rotatable bonds is 2. The van der Waals surface area contributed by atoms with E-state index in [1.54, 1.807) is 0 Å². The van der Waals surface area contributed by atoms with Crippen molar-refractivity contribution in [3.63, 3.8) is 0 Å². The molecule has 1 aliphatic rings. The van der Waals surface area contributed by atoms with E-state index < -0.39 is 0 Å². The van der Waals surface area contributed by atoms with Crippen molar-refractivity contribution in [2.75, 3.05) is 0 Å². The van der Waals surface area contributed by atoms with Crippen LogP contribution in [0.5, 0.6) is 11.5 Å². The maximum Gasteiger partial charge on any atom is 0.152 e. The summed E-state index contributed by atoms with van der Waals surface area (Å²) in [4.78, 5) is 0. The summed E-state index contributed by atoms with van der Waals surface area (Å²) in [5.41, 5.74) is 11.0. The van der Waals surface area contributed by atoms with Crippen LogP contribution >= 0.6 is 0 Å². The number of benzene rings is 7. The average Bonchev–Trinajstić information content (AvgIpc) is 3.77. The molecule has 0 bridgehead atoms. The van der Waals surface area contributed by atoms with Crippen molar-refractivity contribution in [2.24, 2.45) is 0 Å². The van der Waals surface area contributed by atoms with E-state index in [4.69, 9.17) is 9.15 Å². The second kappa shape index (κ2) is 8.68. The third-order valence-electron chi connectivity index (χ3n) is 9.72. The summed E-state index contributed by atoms with van der Waals surface area (Å²) in [6.45, 7) is 0. The van der Waals surface area contributed by atoms with Crippen molar-refractivity contribution in [1.82, 2.24) is 9.13 Å². The first-order valence-corrected chi connectivity index (χ1v) is 15.6. The molecule has 214 valence electrons. The van der Waals surface area contributed by atoms with Crippen molar-refractivity contribution < 1.29 is 9.15 Å². The molecule has 7 aromatic carbocycles. The lowest BCUT2D eigenvalue weighted by molar-refractivity contribution is 0.476. The van der Waals surface area contributed by atoms with Gasteiger partial charge in [0.1, 0.15) is 11.2 Å². The molecule has 4 heteroatoms. The number of para-hydroxylation sites is 6. The fourth-order valence-corrected chi connectivity index (χ4v) is 7.79. The van der Waals surface area contributed by atoms with E-state index in [0.717, 1.165) is 66.7 Å². The molecule has 0 spiro atoms. The predicted molar refractivity (Wildman–Crippen MR) is 188 cm³/mol. The van der Waals surface area contributed by atoms with Gasteiger partial charge in [-0.3, -0.25) is 0 Å². The third-order valence-corrected chi connectivity index (χ3v) is 9.72. The number of hydrogen-bond acceptors (Lipinski definition) is 2. The Morgan fingerprint density at radius 2 is 1.15 bits per heavy atom. The predicted octanol–water partition coefficient (Wildman–Crippen LogP) is 11.6. The van der Waals surface area contributed by atoms with Crippen molar-refractivity contribution in [3.8, 4) is 34.0 Å². The summed E-state index contributed by atoms with van der Waals surface area (Å²) in [6.07, 6.45) is 0. The van der Waals surface area contributed by atoms with Crippen LogP contribution in [-0.4, -0.2) is 9.13 Å². The summed E-state index contributed by atoms with van der Waals surface area (Å²) >= 11 is 0. The Morgan fingerprint density at radius 3 is 2.07 bits per heavy atom. The summed E-state index contributed by atoms with van der Waals surface area (Å²) in [7, 11) is 0. The highest BCUT2D eigenvalue weighted by atomic mass is 16.5. The monoisotopic (exact) mass is 588 g/mol. The Bertz CT molecular complexity index is 2880. The van der Waals surface area contributed by atoms with Crippen molar-refractivity contribution in [3.05, 3.63) is 146 Å². The number of hydrogen-bond donors (Lipinski definition) is 0. The summed E-state index contributed by atoms with van der Waals surface area (Å²) in [5, 5.41) is 7.04. The van der Waals surface area contributed by atoms with Gasteiger partial charge in [0.2, 0.25) is 0 Å². The van der Waals surface area contributed by atoms with Gasteiger partial charge in [0.25, 0.3) is 0 Å². The van der Waals surface area contributed by atoms with Crippen LogP contribution in [-0.2, 0) is 0 Å². The standard InChI is InChI=1S/C42H24N2O2/c1-3-14-33-32(10-1)39-35(24-23-31-28-9-2-5-16-36(28)46-42(31)39)43(33)26-21-19-25(20-22-26)27-11-7-12-29-30-13-8-18-38-41(30)44(40(27)29)34-15-4-6-17-37(34)45-38/h1-24H. The Labute approximate surface area is 262 Å². The fraction of sp³-hybridized carbons (Fsp3) is 0. The molecule has 10 aromatic rings. The van der Waals surface area contributed by atoms with E-state index >= 15 is 0 Å². The van der Waals surface area contributed by atoms with Gasteiger partial charge in [0, 0.05) is 38.2 Å². The molecule has 0 saturated carbocycles. The fourth-order valence-electron chi connectivity index (χ4n) is 7.79. The lowest BCUT2D eigenvalue weighted by atomic mass is 10.0. The molecule has 0 unspecified atom stereocenters. The van der Waals surface area contributed by atoms with Gasteiger partial charge in [-0.15, -0.1) is 0 Å². The van der Waals surface area contributed by atoms with Gasteiger partial charge < -0.3 is 18.3 Å². The van der Waals surface area contributed by atoms with E-state index in [0.29, 0.717) is 0 Å². The zero-order valence-electron chi connectivity index (χ0n) is 24.6. The lowest BCUT2D eigenvalue weighted by Gasteiger charge is -2.21. The number of fused-ring (bicyclic) bond motifs is 12. The first kappa shape index (κ1) is 24.1. The Hall–Kier alpha value is -6.26. The molecule has 0 atom stereocenters. The Morgan fingerprint density at radius 1 is 0.435 bits per heavy atom. The van der Waals surface area contributed by atoms with E-state index in [1.807, 2.05) is 24.3 Å². The quantitative estimate of drug-likeness (QED) is 0.201. The van der Waals surface area contributed by atoms with E-state index in [2.05, 4.69) is 130 Å². The third kappa shape index (κ3) is 3.03. The molecule has 3 aromatic heterocycles. The summed E-state index contributed by atoms with van der Waals surface area (Å²) in [5.74, 6) is 1.76. The number of furan rings is 1. The molecule has 0 aliphatic carbocycles. The lowest BCUT2D eigenvalue weighted by Crippen LogP contribution is -2.04. The minimum absolute atomic E-state index is 0.870. The van der Waals surface area contributed by atoms with Gasteiger partial charge >= 0.3 is 0 Å². The largest absolute Gasteiger partial charge is 0.455 e. The molecule has 4 nitrogen and oxygen atoms in total. The van der Waals surface area contributed by atoms with E-state index in [-0.39, 0.29) is 0 Å².